The second-order valence-corrected chi connectivity index (χ2v) is 12.2. The molecule has 8 heteroatoms. The van der Waals surface area contributed by atoms with E-state index in [0.717, 1.165) is 64.2 Å². The third-order valence-electron chi connectivity index (χ3n) is 9.68. The standard InChI is InChI=1S/C36H40F6O2/c1-3-43-29-19-17-26(32(38)35(29)41)24-13-9-22(10-14-24)6-5-21-7-11-23(12-8-21)25-15-16-27(33(39)31(25)37)28-18-20-30(44-4-2)36(42)34(28)40/h15-24H,3-14H2,1-2H3. The van der Waals surface area contributed by atoms with Crippen molar-refractivity contribution in [3.05, 3.63) is 82.4 Å². The predicted molar refractivity (Wildman–Crippen MR) is 159 cm³/mol. The average Bonchev–Trinajstić information content (AvgIpc) is 3.03. The Balaban J connectivity index is 1.12. The molecule has 2 nitrogen and oxygen atoms in total. The number of hydrogen-bond donors (Lipinski definition) is 0. The first-order valence-electron chi connectivity index (χ1n) is 15.9. The summed E-state index contributed by atoms with van der Waals surface area (Å²) < 4.78 is 98.7. The van der Waals surface area contributed by atoms with Gasteiger partial charge < -0.3 is 9.47 Å². The van der Waals surface area contributed by atoms with Gasteiger partial charge in [-0.25, -0.2) is 17.6 Å². The summed E-state index contributed by atoms with van der Waals surface area (Å²) in [4.78, 5) is 0. The number of hydrogen-bond acceptors (Lipinski definition) is 2. The molecule has 0 spiro atoms. The minimum Gasteiger partial charge on any atom is -0.491 e. The van der Waals surface area contributed by atoms with Crippen LogP contribution in [0, 0.1) is 46.7 Å². The largest absolute Gasteiger partial charge is 0.491 e. The SMILES string of the molecule is CCOc1ccc(-c2ccc(C3CCC(CCC4CCC(c5ccc(OCC)c(F)c5F)CC4)CC3)c(F)c2F)c(F)c1F. The normalized spacial score (nSPS) is 22.2. The van der Waals surface area contributed by atoms with Gasteiger partial charge in [-0.15, -0.1) is 0 Å². The van der Waals surface area contributed by atoms with E-state index in [-0.39, 0.29) is 53.2 Å². The van der Waals surface area contributed by atoms with Gasteiger partial charge in [0.2, 0.25) is 11.6 Å². The molecule has 0 amide bonds. The van der Waals surface area contributed by atoms with Crippen molar-refractivity contribution in [3.8, 4) is 22.6 Å². The highest BCUT2D eigenvalue weighted by molar-refractivity contribution is 5.66. The van der Waals surface area contributed by atoms with E-state index in [1.807, 2.05) is 0 Å². The highest BCUT2D eigenvalue weighted by Gasteiger charge is 2.30. The van der Waals surface area contributed by atoms with Crippen molar-refractivity contribution in [1.29, 1.82) is 0 Å². The van der Waals surface area contributed by atoms with Crippen molar-refractivity contribution >= 4 is 0 Å². The first-order valence-corrected chi connectivity index (χ1v) is 15.9. The molecule has 2 fully saturated rings. The third kappa shape index (κ3) is 6.74. The third-order valence-corrected chi connectivity index (χ3v) is 9.68. The molecule has 0 unspecified atom stereocenters. The van der Waals surface area contributed by atoms with Gasteiger partial charge in [-0.3, -0.25) is 0 Å². The molecule has 5 rings (SSSR count). The second-order valence-electron chi connectivity index (χ2n) is 12.2. The van der Waals surface area contributed by atoms with Crippen molar-refractivity contribution in [2.75, 3.05) is 13.2 Å². The topological polar surface area (TPSA) is 18.5 Å². The van der Waals surface area contributed by atoms with Crippen molar-refractivity contribution in [2.45, 2.75) is 89.9 Å². The van der Waals surface area contributed by atoms with Gasteiger partial charge in [-0.05, 0) is 118 Å². The summed E-state index contributed by atoms with van der Waals surface area (Å²) >= 11 is 0. The molecule has 0 aromatic heterocycles. The first kappa shape index (κ1) is 32.2. The molecule has 238 valence electrons. The van der Waals surface area contributed by atoms with Crippen LogP contribution < -0.4 is 9.47 Å². The van der Waals surface area contributed by atoms with Gasteiger partial charge in [-0.1, -0.05) is 31.0 Å². The molecule has 0 saturated heterocycles. The Morgan fingerprint density at radius 1 is 0.477 bits per heavy atom. The van der Waals surface area contributed by atoms with E-state index in [0.29, 0.717) is 17.4 Å². The molecule has 0 aliphatic heterocycles. The van der Waals surface area contributed by atoms with Gasteiger partial charge in [0.05, 0.1) is 13.2 Å². The van der Waals surface area contributed by atoms with Crippen LogP contribution in [0.2, 0.25) is 0 Å². The van der Waals surface area contributed by atoms with E-state index in [4.69, 9.17) is 9.47 Å². The van der Waals surface area contributed by atoms with Crippen LogP contribution in [0.5, 0.6) is 11.5 Å². The van der Waals surface area contributed by atoms with Crippen LogP contribution in [0.3, 0.4) is 0 Å². The van der Waals surface area contributed by atoms with Crippen LogP contribution >= 0.6 is 0 Å². The molecule has 2 aliphatic rings. The van der Waals surface area contributed by atoms with E-state index >= 15 is 8.78 Å². The van der Waals surface area contributed by atoms with E-state index < -0.39 is 34.9 Å². The smallest absolute Gasteiger partial charge is 0.201 e. The lowest BCUT2D eigenvalue weighted by atomic mass is 9.73. The number of benzene rings is 3. The molecule has 3 aromatic carbocycles. The summed E-state index contributed by atoms with van der Waals surface area (Å²) in [5.41, 5.74) is 0.0666. The minimum atomic E-state index is -1.27. The fourth-order valence-corrected chi connectivity index (χ4v) is 7.22. The molecular weight excluding hydrogens is 578 g/mol. The van der Waals surface area contributed by atoms with Crippen LogP contribution in [0.25, 0.3) is 11.1 Å². The Morgan fingerprint density at radius 2 is 0.841 bits per heavy atom. The molecule has 2 aliphatic carbocycles. The molecule has 2 saturated carbocycles. The quantitative estimate of drug-likeness (QED) is 0.211. The second kappa shape index (κ2) is 14.3. The summed E-state index contributed by atoms with van der Waals surface area (Å²) in [6.45, 7) is 3.80. The average molecular weight is 619 g/mol. The van der Waals surface area contributed by atoms with Gasteiger partial charge in [-0.2, -0.15) is 8.78 Å². The maximum atomic E-state index is 15.2. The lowest BCUT2D eigenvalue weighted by molar-refractivity contribution is 0.248. The lowest BCUT2D eigenvalue weighted by Gasteiger charge is -2.32. The van der Waals surface area contributed by atoms with Gasteiger partial charge in [0, 0.05) is 11.1 Å². The Labute approximate surface area is 255 Å². The molecular formula is C36H40F6O2. The first-order chi connectivity index (χ1) is 21.2. The molecule has 0 heterocycles. The van der Waals surface area contributed by atoms with E-state index in [2.05, 4.69) is 0 Å². The summed E-state index contributed by atoms with van der Waals surface area (Å²) in [7, 11) is 0. The van der Waals surface area contributed by atoms with E-state index in [9.17, 15) is 17.6 Å². The summed E-state index contributed by atoms with van der Waals surface area (Å²) in [6.07, 6.45) is 9.05. The van der Waals surface area contributed by atoms with Crippen molar-refractivity contribution < 1.29 is 35.8 Å². The maximum Gasteiger partial charge on any atom is 0.201 e. The zero-order valence-electron chi connectivity index (χ0n) is 25.3. The zero-order chi connectivity index (χ0) is 31.4. The van der Waals surface area contributed by atoms with Crippen LogP contribution in [-0.2, 0) is 0 Å². The molecule has 3 aromatic rings. The Morgan fingerprint density at radius 3 is 1.32 bits per heavy atom. The van der Waals surface area contributed by atoms with Crippen molar-refractivity contribution in [3.63, 3.8) is 0 Å². The minimum absolute atomic E-state index is 0.0125. The number of halogens is 6. The van der Waals surface area contributed by atoms with Crippen LogP contribution in [0.15, 0.2) is 36.4 Å². The number of rotatable bonds is 10. The Bertz CT molecular complexity index is 1440. The monoisotopic (exact) mass is 618 g/mol. The van der Waals surface area contributed by atoms with Gasteiger partial charge in [0.25, 0.3) is 0 Å². The molecule has 0 radical (unpaired) electrons. The lowest BCUT2D eigenvalue weighted by Crippen LogP contribution is -2.18. The van der Waals surface area contributed by atoms with Crippen molar-refractivity contribution in [1.82, 2.24) is 0 Å². The van der Waals surface area contributed by atoms with Gasteiger partial charge in [0.1, 0.15) is 0 Å². The van der Waals surface area contributed by atoms with E-state index in [1.54, 1.807) is 19.9 Å². The fraction of sp³-hybridized carbons (Fsp3) is 0.500. The van der Waals surface area contributed by atoms with Gasteiger partial charge in [0.15, 0.2) is 34.8 Å². The fourth-order valence-electron chi connectivity index (χ4n) is 7.22. The predicted octanol–water partition coefficient (Wildman–Crippen LogP) is 11.0. The molecule has 0 N–H and O–H groups in total. The summed E-state index contributed by atoms with van der Waals surface area (Å²) in [5.74, 6) is -5.74. The Hall–Kier alpha value is -3.16. The van der Waals surface area contributed by atoms with Gasteiger partial charge >= 0.3 is 0 Å². The zero-order valence-corrected chi connectivity index (χ0v) is 25.3. The number of ether oxygens (including phenoxy) is 2. The summed E-state index contributed by atoms with van der Waals surface area (Å²) in [5, 5.41) is 0. The van der Waals surface area contributed by atoms with Crippen LogP contribution in [-0.4, -0.2) is 13.2 Å². The van der Waals surface area contributed by atoms with E-state index in [1.165, 1.54) is 30.3 Å². The Kier molecular flexibility index (Phi) is 10.5. The molecule has 0 bridgehead atoms. The molecule has 0 atom stereocenters. The summed E-state index contributed by atoms with van der Waals surface area (Å²) in [6, 6.07) is 8.45. The highest BCUT2D eigenvalue weighted by atomic mass is 19.2. The van der Waals surface area contributed by atoms with Crippen LogP contribution in [0.1, 0.15) is 101 Å². The molecule has 44 heavy (non-hydrogen) atoms. The van der Waals surface area contributed by atoms with Crippen LogP contribution in [0.4, 0.5) is 26.3 Å². The van der Waals surface area contributed by atoms with Crippen molar-refractivity contribution in [2.24, 2.45) is 11.8 Å². The maximum absolute atomic E-state index is 15.2. The highest BCUT2D eigenvalue weighted by Crippen LogP contribution is 2.44.